The van der Waals surface area contributed by atoms with Crippen LogP contribution in [0.15, 0.2) is 18.2 Å². The number of aliphatic hydroxyl groups is 1. The van der Waals surface area contributed by atoms with Gasteiger partial charge in [-0.3, -0.25) is 0 Å². The van der Waals surface area contributed by atoms with E-state index in [1.807, 2.05) is 0 Å². The first-order valence-corrected chi connectivity index (χ1v) is 23.3. The standard InChI is InChI=1S/C31H62O4Si3/c1-23(2)18-25(22-32)28(35-38(16,17)31(9,10)11)24-19-26(33-36(12,13)29(3,4)5)21-27(20-24)34-37(14,15)30(6,7)8/h19-21,23,25,28,32H,18,22H2,1-17H3/t25-,28-/m0/s1. The fourth-order valence-electron chi connectivity index (χ4n) is 3.60. The van der Waals surface area contributed by atoms with Gasteiger partial charge in [-0.05, 0) is 84.4 Å². The maximum Gasteiger partial charge on any atom is 0.250 e. The number of aliphatic hydroxyl groups excluding tert-OH is 1. The number of benzene rings is 1. The van der Waals surface area contributed by atoms with Crippen LogP contribution in [-0.4, -0.2) is 36.7 Å². The van der Waals surface area contributed by atoms with Crippen LogP contribution in [0.2, 0.25) is 54.4 Å². The SMILES string of the molecule is CC(C)C[C@@H](CO)[C@@H](O[Si](C)(C)C(C)(C)C)c1cc(O[Si](C)(C)C(C)(C)C)cc(O[Si](C)(C)C(C)(C)C)c1. The lowest BCUT2D eigenvalue weighted by atomic mass is 9.89. The van der Waals surface area contributed by atoms with Crippen molar-refractivity contribution >= 4 is 25.0 Å². The molecule has 0 saturated heterocycles. The quantitative estimate of drug-likeness (QED) is 0.264. The summed E-state index contributed by atoms with van der Waals surface area (Å²) < 4.78 is 20.9. The molecule has 0 unspecified atom stereocenters. The van der Waals surface area contributed by atoms with E-state index in [1.54, 1.807) is 0 Å². The van der Waals surface area contributed by atoms with Gasteiger partial charge >= 0.3 is 0 Å². The van der Waals surface area contributed by atoms with E-state index in [0.717, 1.165) is 23.5 Å². The van der Waals surface area contributed by atoms with Crippen molar-refractivity contribution in [3.8, 4) is 11.5 Å². The van der Waals surface area contributed by atoms with Crippen LogP contribution in [-0.2, 0) is 4.43 Å². The summed E-state index contributed by atoms with van der Waals surface area (Å²) in [4.78, 5) is 0. The van der Waals surface area contributed by atoms with Gasteiger partial charge in [0.05, 0.1) is 6.10 Å². The Morgan fingerprint density at radius 3 is 1.32 bits per heavy atom. The molecule has 1 aromatic carbocycles. The molecule has 0 fully saturated rings. The lowest BCUT2D eigenvalue weighted by Gasteiger charge is -2.42. The highest BCUT2D eigenvalue weighted by atomic mass is 28.4. The van der Waals surface area contributed by atoms with Gasteiger partial charge in [0.15, 0.2) is 8.32 Å². The van der Waals surface area contributed by atoms with Gasteiger partial charge in [0.1, 0.15) is 11.5 Å². The summed E-state index contributed by atoms with van der Waals surface area (Å²) >= 11 is 0. The second kappa shape index (κ2) is 12.1. The van der Waals surface area contributed by atoms with E-state index in [-0.39, 0.29) is 33.7 Å². The smallest absolute Gasteiger partial charge is 0.250 e. The second-order valence-corrected chi connectivity index (χ2v) is 30.5. The highest BCUT2D eigenvalue weighted by Crippen LogP contribution is 2.46. The summed E-state index contributed by atoms with van der Waals surface area (Å²) in [5, 5.41) is 10.8. The molecule has 0 aliphatic heterocycles. The Bertz CT molecular complexity index is 857. The second-order valence-electron chi connectivity index (χ2n) is 16.3. The monoisotopic (exact) mass is 582 g/mol. The average molecular weight is 583 g/mol. The Balaban J connectivity index is 3.84. The van der Waals surface area contributed by atoms with Crippen LogP contribution in [0.3, 0.4) is 0 Å². The third-order valence-electron chi connectivity index (χ3n) is 9.25. The van der Waals surface area contributed by atoms with E-state index >= 15 is 0 Å². The molecular formula is C31H62O4Si3. The summed E-state index contributed by atoms with van der Waals surface area (Å²) in [6, 6.07) is 6.42. The van der Waals surface area contributed by atoms with Gasteiger partial charge in [-0.15, -0.1) is 0 Å². The van der Waals surface area contributed by atoms with Gasteiger partial charge in [-0.2, -0.15) is 0 Å². The van der Waals surface area contributed by atoms with Gasteiger partial charge in [0, 0.05) is 18.6 Å². The number of hydrogen-bond acceptors (Lipinski definition) is 4. The van der Waals surface area contributed by atoms with E-state index in [4.69, 9.17) is 13.3 Å². The molecule has 1 rings (SSSR count). The van der Waals surface area contributed by atoms with E-state index in [9.17, 15) is 5.11 Å². The fourth-order valence-corrected chi connectivity index (χ4v) is 6.94. The van der Waals surface area contributed by atoms with Gasteiger partial charge < -0.3 is 18.4 Å². The van der Waals surface area contributed by atoms with Crippen molar-refractivity contribution in [1.82, 2.24) is 0 Å². The molecule has 0 aromatic heterocycles. The molecular weight excluding hydrogens is 521 g/mol. The minimum Gasteiger partial charge on any atom is -0.543 e. The van der Waals surface area contributed by atoms with Gasteiger partial charge in [0.25, 0.3) is 0 Å². The highest BCUT2D eigenvalue weighted by molar-refractivity contribution is 6.75. The fraction of sp³-hybridized carbons (Fsp3) is 0.806. The van der Waals surface area contributed by atoms with Crippen LogP contribution in [0.1, 0.15) is 94.2 Å². The van der Waals surface area contributed by atoms with E-state index in [1.165, 1.54) is 0 Å². The van der Waals surface area contributed by atoms with Crippen molar-refractivity contribution in [2.45, 2.75) is 143 Å². The molecule has 222 valence electrons. The van der Waals surface area contributed by atoms with Crippen molar-refractivity contribution in [3.05, 3.63) is 23.8 Å². The van der Waals surface area contributed by atoms with Gasteiger partial charge in [0.2, 0.25) is 16.6 Å². The van der Waals surface area contributed by atoms with Crippen LogP contribution in [0.4, 0.5) is 0 Å². The van der Waals surface area contributed by atoms with Crippen molar-refractivity contribution in [1.29, 1.82) is 0 Å². The minimum atomic E-state index is -2.14. The predicted molar refractivity (Wildman–Crippen MR) is 173 cm³/mol. The van der Waals surface area contributed by atoms with E-state index in [0.29, 0.717) is 5.92 Å². The summed E-state index contributed by atoms with van der Waals surface area (Å²) in [6.07, 6.45) is 0.662. The summed E-state index contributed by atoms with van der Waals surface area (Å²) in [5.41, 5.74) is 1.06. The van der Waals surface area contributed by atoms with Crippen molar-refractivity contribution in [2.75, 3.05) is 6.61 Å². The summed E-state index contributed by atoms with van der Waals surface area (Å²) in [7, 11) is -6.32. The maximum atomic E-state index is 10.6. The van der Waals surface area contributed by atoms with E-state index in [2.05, 4.69) is 134 Å². The summed E-state index contributed by atoms with van der Waals surface area (Å²) in [5.74, 6) is 2.15. The Hall–Kier alpha value is -0.609. The number of rotatable bonds is 11. The molecule has 0 amide bonds. The predicted octanol–water partition coefficient (Wildman–Crippen LogP) is 10.2. The molecule has 0 saturated carbocycles. The summed E-state index contributed by atoms with van der Waals surface area (Å²) in [6.45, 7) is 38.7. The zero-order valence-electron chi connectivity index (χ0n) is 28.1. The van der Waals surface area contributed by atoms with Crippen molar-refractivity contribution in [3.63, 3.8) is 0 Å². The number of hydrogen-bond donors (Lipinski definition) is 1. The van der Waals surface area contributed by atoms with Crippen molar-refractivity contribution < 1.29 is 18.4 Å². The molecule has 7 heteroatoms. The van der Waals surface area contributed by atoms with Crippen LogP contribution >= 0.6 is 0 Å². The third kappa shape index (κ3) is 9.22. The largest absolute Gasteiger partial charge is 0.543 e. The molecule has 0 aliphatic rings. The molecule has 4 nitrogen and oxygen atoms in total. The molecule has 38 heavy (non-hydrogen) atoms. The van der Waals surface area contributed by atoms with Crippen LogP contribution in [0.25, 0.3) is 0 Å². The third-order valence-corrected chi connectivity index (χ3v) is 22.4. The first-order valence-electron chi connectivity index (χ1n) is 14.6. The molecule has 1 aromatic rings. The first kappa shape index (κ1) is 35.4. The van der Waals surface area contributed by atoms with Gasteiger partial charge in [-0.25, -0.2) is 0 Å². The Morgan fingerprint density at radius 1 is 0.658 bits per heavy atom. The van der Waals surface area contributed by atoms with E-state index < -0.39 is 25.0 Å². The average Bonchev–Trinajstić information content (AvgIpc) is 2.66. The zero-order valence-corrected chi connectivity index (χ0v) is 31.1. The zero-order chi connectivity index (χ0) is 30.1. The lowest BCUT2D eigenvalue weighted by Crippen LogP contribution is -2.45. The Morgan fingerprint density at radius 2 is 1.03 bits per heavy atom. The lowest BCUT2D eigenvalue weighted by molar-refractivity contribution is 0.0623. The topological polar surface area (TPSA) is 47.9 Å². The minimum absolute atomic E-state index is 0.00651. The Kier molecular flexibility index (Phi) is 11.3. The molecule has 0 bridgehead atoms. The maximum absolute atomic E-state index is 10.6. The molecule has 0 heterocycles. The molecule has 1 N–H and O–H groups in total. The van der Waals surface area contributed by atoms with Crippen LogP contribution in [0, 0.1) is 11.8 Å². The van der Waals surface area contributed by atoms with Crippen molar-refractivity contribution in [2.24, 2.45) is 11.8 Å². The van der Waals surface area contributed by atoms with Gasteiger partial charge in [-0.1, -0.05) is 76.2 Å². The molecule has 0 aliphatic carbocycles. The first-order chi connectivity index (χ1) is 16.7. The molecule has 2 atom stereocenters. The van der Waals surface area contributed by atoms with Crippen LogP contribution in [0.5, 0.6) is 11.5 Å². The highest BCUT2D eigenvalue weighted by Gasteiger charge is 2.43. The Labute approximate surface area is 239 Å². The van der Waals surface area contributed by atoms with Crippen LogP contribution < -0.4 is 8.85 Å². The molecule has 0 radical (unpaired) electrons. The molecule has 0 spiro atoms. The normalized spacial score (nSPS) is 16.0.